The zero-order valence-electron chi connectivity index (χ0n) is 11.7. The lowest BCUT2D eigenvalue weighted by molar-refractivity contribution is 0.156. The molecule has 0 bridgehead atoms. The third-order valence-electron chi connectivity index (χ3n) is 4.86. The first-order chi connectivity index (χ1) is 9.02. The molecule has 0 aliphatic carbocycles. The summed E-state index contributed by atoms with van der Waals surface area (Å²) in [5.74, 6) is 0.481. The molecule has 0 saturated carbocycles. The van der Waals surface area contributed by atoms with Crippen LogP contribution in [0.15, 0.2) is 0 Å². The van der Waals surface area contributed by atoms with Crippen molar-refractivity contribution < 1.29 is 13.2 Å². The first-order valence-corrected chi connectivity index (χ1v) is 8.75. The summed E-state index contributed by atoms with van der Waals surface area (Å²) < 4.78 is 34.2. The molecular weight excluding hydrogens is 264 g/mol. The Morgan fingerprint density at radius 1 is 1.21 bits per heavy atom. The van der Waals surface area contributed by atoms with Gasteiger partial charge in [0.25, 0.3) is 10.2 Å². The van der Waals surface area contributed by atoms with Gasteiger partial charge >= 0.3 is 0 Å². The predicted octanol–water partition coefficient (Wildman–Crippen LogP) is 1.08. The zero-order chi connectivity index (χ0) is 13.5. The minimum atomic E-state index is -3.25. The van der Waals surface area contributed by atoms with Gasteiger partial charge in [-0.05, 0) is 31.6 Å². The summed E-state index contributed by atoms with van der Waals surface area (Å²) in [6.45, 7) is 6.34. The molecule has 0 N–H and O–H groups in total. The molecule has 3 aliphatic heterocycles. The van der Waals surface area contributed by atoms with Crippen LogP contribution in [0.25, 0.3) is 0 Å². The maximum atomic E-state index is 12.7. The molecule has 0 unspecified atom stereocenters. The highest BCUT2D eigenvalue weighted by atomic mass is 32.2. The van der Waals surface area contributed by atoms with E-state index in [0.29, 0.717) is 32.1 Å². The molecule has 2 atom stereocenters. The molecule has 1 spiro atoms. The van der Waals surface area contributed by atoms with Crippen molar-refractivity contribution in [2.75, 3.05) is 39.4 Å². The first-order valence-electron chi connectivity index (χ1n) is 7.35. The van der Waals surface area contributed by atoms with Crippen LogP contribution in [0, 0.1) is 11.3 Å². The lowest BCUT2D eigenvalue weighted by atomic mass is 9.87. The van der Waals surface area contributed by atoms with E-state index in [1.807, 2.05) is 0 Å². The average molecular weight is 288 g/mol. The molecule has 19 heavy (non-hydrogen) atoms. The molecule has 5 nitrogen and oxygen atoms in total. The average Bonchev–Trinajstić information content (AvgIpc) is 3.01. The lowest BCUT2D eigenvalue weighted by Gasteiger charge is -2.33. The van der Waals surface area contributed by atoms with Crippen molar-refractivity contribution in [1.82, 2.24) is 8.61 Å². The fourth-order valence-corrected chi connectivity index (χ4v) is 5.47. The second kappa shape index (κ2) is 4.98. The van der Waals surface area contributed by atoms with Crippen LogP contribution in [0.3, 0.4) is 0 Å². The Labute approximate surface area is 116 Å². The Bertz CT molecular complexity index is 431. The van der Waals surface area contributed by atoms with E-state index in [4.69, 9.17) is 4.74 Å². The second-order valence-corrected chi connectivity index (χ2v) is 8.43. The minimum Gasteiger partial charge on any atom is -0.381 e. The zero-order valence-corrected chi connectivity index (χ0v) is 12.5. The molecule has 3 fully saturated rings. The normalized spacial score (nSPS) is 38.3. The Balaban J connectivity index is 1.71. The highest BCUT2D eigenvalue weighted by Gasteiger charge is 2.46. The van der Waals surface area contributed by atoms with Crippen molar-refractivity contribution in [1.29, 1.82) is 0 Å². The van der Waals surface area contributed by atoms with Crippen LogP contribution in [-0.2, 0) is 14.9 Å². The molecule has 3 rings (SSSR count). The predicted molar refractivity (Wildman–Crippen MR) is 72.9 cm³/mol. The molecule has 3 heterocycles. The van der Waals surface area contributed by atoms with E-state index in [1.165, 1.54) is 0 Å². The van der Waals surface area contributed by atoms with Crippen molar-refractivity contribution in [3.8, 4) is 0 Å². The van der Waals surface area contributed by atoms with E-state index in [2.05, 4.69) is 6.92 Å². The number of nitrogens with zero attached hydrogens (tertiary/aromatic N) is 2. The van der Waals surface area contributed by atoms with Gasteiger partial charge in [0.05, 0.1) is 6.61 Å². The van der Waals surface area contributed by atoms with Crippen molar-refractivity contribution in [2.24, 2.45) is 11.3 Å². The van der Waals surface area contributed by atoms with E-state index >= 15 is 0 Å². The van der Waals surface area contributed by atoms with Crippen molar-refractivity contribution in [3.63, 3.8) is 0 Å². The van der Waals surface area contributed by atoms with Crippen LogP contribution in [-0.4, -0.2) is 56.4 Å². The summed E-state index contributed by atoms with van der Waals surface area (Å²) >= 11 is 0. The summed E-state index contributed by atoms with van der Waals surface area (Å²) in [6, 6.07) is 0. The van der Waals surface area contributed by atoms with Gasteiger partial charge in [-0.3, -0.25) is 0 Å². The van der Waals surface area contributed by atoms with Crippen molar-refractivity contribution in [3.05, 3.63) is 0 Å². The van der Waals surface area contributed by atoms with E-state index in [-0.39, 0.29) is 5.41 Å². The number of hydrogen-bond donors (Lipinski definition) is 0. The quantitative estimate of drug-likeness (QED) is 0.764. The highest BCUT2D eigenvalue weighted by molar-refractivity contribution is 7.86. The molecule has 6 heteroatoms. The second-order valence-electron chi connectivity index (χ2n) is 6.50. The van der Waals surface area contributed by atoms with Crippen LogP contribution in [0.2, 0.25) is 0 Å². The van der Waals surface area contributed by atoms with Gasteiger partial charge in [-0.1, -0.05) is 6.92 Å². The summed E-state index contributed by atoms with van der Waals surface area (Å²) in [4.78, 5) is 0. The van der Waals surface area contributed by atoms with Gasteiger partial charge in [0.15, 0.2) is 0 Å². The van der Waals surface area contributed by atoms with Gasteiger partial charge in [0.1, 0.15) is 0 Å². The summed E-state index contributed by atoms with van der Waals surface area (Å²) in [6.07, 6.45) is 4.09. The van der Waals surface area contributed by atoms with E-state index < -0.39 is 10.2 Å². The molecular formula is C13H24N2O3S. The lowest BCUT2D eigenvalue weighted by Crippen LogP contribution is -2.47. The van der Waals surface area contributed by atoms with Gasteiger partial charge in [0.2, 0.25) is 0 Å². The number of ether oxygens (including phenoxy) is 1. The maximum Gasteiger partial charge on any atom is 0.282 e. The van der Waals surface area contributed by atoms with E-state index in [0.717, 1.165) is 38.9 Å². The summed E-state index contributed by atoms with van der Waals surface area (Å²) in [7, 11) is -3.25. The van der Waals surface area contributed by atoms with E-state index in [1.54, 1.807) is 8.61 Å². The third-order valence-corrected chi connectivity index (χ3v) is 6.81. The van der Waals surface area contributed by atoms with Crippen molar-refractivity contribution in [2.45, 2.75) is 32.6 Å². The first kappa shape index (κ1) is 13.8. The maximum absolute atomic E-state index is 12.7. The number of piperidine rings is 1. The fourth-order valence-electron chi connectivity index (χ4n) is 3.58. The molecule has 0 aromatic heterocycles. The molecule has 0 aromatic carbocycles. The fraction of sp³-hybridized carbons (Fsp3) is 1.00. The molecule has 3 saturated heterocycles. The molecule has 0 aromatic rings. The van der Waals surface area contributed by atoms with Crippen molar-refractivity contribution >= 4 is 10.2 Å². The van der Waals surface area contributed by atoms with Crippen LogP contribution in [0.1, 0.15) is 32.6 Å². The summed E-state index contributed by atoms with van der Waals surface area (Å²) in [5, 5.41) is 0. The highest BCUT2D eigenvalue weighted by Crippen LogP contribution is 2.39. The molecule has 0 amide bonds. The van der Waals surface area contributed by atoms with Gasteiger partial charge < -0.3 is 4.74 Å². The van der Waals surface area contributed by atoms with Gasteiger partial charge in [-0.2, -0.15) is 17.0 Å². The van der Waals surface area contributed by atoms with Gasteiger partial charge in [0, 0.05) is 38.2 Å². The largest absolute Gasteiger partial charge is 0.381 e. The van der Waals surface area contributed by atoms with Crippen LogP contribution >= 0.6 is 0 Å². The standard InChI is InChI=1S/C13H24N2O3S/c1-12-3-2-6-14(9-12)19(16,17)15-7-4-13(10-15)5-8-18-11-13/h12H,2-11H2,1H3/t12-,13+/m1/s1. The topological polar surface area (TPSA) is 49.9 Å². The Morgan fingerprint density at radius 2 is 2.05 bits per heavy atom. The third kappa shape index (κ3) is 2.55. The van der Waals surface area contributed by atoms with E-state index in [9.17, 15) is 8.42 Å². The Morgan fingerprint density at radius 3 is 2.74 bits per heavy atom. The number of rotatable bonds is 2. The monoisotopic (exact) mass is 288 g/mol. The van der Waals surface area contributed by atoms with Crippen LogP contribution in [0.4, 0.5) is 0 Å². The number of hydrogen-bond acceptors (Lipinski definition) is 3. The molecule has 0 radical (unpaired) electrons. The van der Waals surface area contributed by atoms with Crippen LogP contribution < -0.4 is 0 Å². The SMILES string of the molecule is C[C@@H]1CCCN(S(=O)(=O)N2CC[C@]3(CCOC3)C2)C1. The Kier molecular flexibility index (Phi) is 3.62. The van der Waals surface area contributed by atoms with Crippen LogP contribution in [0.5, 0.6) is 0 Å². The smallest absolute Gasteiger partial charge is 0.282 e. The minimum absolute atomic E-state index is 0.106. The molecule has 3 aliphatic rings. The Hall–Kier alpha value is -0.170. The summed E-state index contributed by atoms with van der Waals surface area (Å²) in [5.41, 5.74) is 0.106. The van der Waals surface area contributed by atoms with Gasteiger partial charge in [-0.15, -0.1) is 0 Å². The molecule has 110 valence electrons. The van der Waals surface area contributed by atoms with Gasteiger partial charge in [-0.25, -0.2) is 0 Å².